The largest absolute Gasteiger partial charge is 0.378 e. The Morgan fingerprint density at radius 1 is 0.484 bits per heavy atom. The van der Waals surface area contributed by atoms with Gasteiger partial charge in [0.15, 0.2) is 11.6 Å². The predicted octanol–water partition coefficient (Wildman–Crippen LogP) is 5.87. The molecule has 0 aliphatic carbocycles. The molecule has 294 valence electrons. The van der Waals surface area contributed by atoms with Crippen LogP contribution in [-0.4, -0.2) is 42.6 Å². The van der Waals surface area contributed by atoms with Gasteiger partial charge in [-0.15, -0.1) is 0 Å². The molecule has 0 unspecified atom stereocenters. The van der Waals surface area contributed by atoms with Gasteiger partial charge in [-0.1, -0.05) is 181 Å². The van der Waals surface area contributed by atoms with Crippen molar-refractivity contribution in [2.45, 2.75) is 26.7 Å². The summed E-state index contributed by atoms with van der Waals surface area (Å²) in [4.78, 5) is 19.0. The number of benzene rings is 5. The number of nitriles is 2. The minimum absolute atomic E-state index is 0.138. The summed E-state index contributed by atoms with van der Waals surface area (Å²) in [6, 6.07) is 58.7. The van der Waals surface area contributed by atoms with Crippen molar-refractivity contribution in [1.29, 1.82) is 10.5 Å². The molecular formula is C52H40B2N8. The van der Waals surface area contributed by atoms with E-state index < -0.39 is 13.7 Å². The van der Waals surface area contributed by atoms with Crippen LogP contribution in [-0.2, 0) is 0 Å². The zero-order chi connectivity index (χ0) is 42.6. The van der Waals surface area contributed by atoms with Gasteiger partial charge in [-0.25, -0.2) is 19.9 Å². The molecular weight excluding hydrogens is 758 g/mol. The number of aryl methyl sites for hydroxylation is 1. The molecule has 0 saturated heterocycles. The Bertz CT molecular complexity index is 3090. The molecule has 0 fully saturated rings. The summed E-state index contributed by atoms with van der Waals surface area (Å²) >= 11 is 0. The number of fused-ring (bicyclic) bond motifs is 1. The highest BCUT2D eigenvalue weighted by Gasteiger charge is 2.37. The zero-order valence-corrected chi connectivity index (χ0v) is 34.6. The fourth-order valence-corrected chi connectivity index (χ4v) is 8.91. The van der Waals surface area contributed by atoms with Crippen LogP contribution in [0.2, 0.25) is 0 Å². The molecule has 5 aromatic carbocycles. The first-order valence-electron chi connectivity index (χ1n) is 20.7. The van der Waals surface area contributed by atoms with Crippen LogP contribution in [0.1, 0.15) is 42.7 Å². The first-order chi connectivity index (χ1) is 30.5. The van der Waals surface area contributed by atoms with E-state index >= 15 is 0 Å². The molecule has 0 spiro atoms. The van der Waals surface area contributed by atoms with Crippen LogP contribution in [0, 0.1) is 29.6 Å². The van der Waals surface area contributed by atoms with Gasteiger partial charge in [0.2, 0.25) is 0 Å². The average Bonchev–Trinajstić information content (AvgIpc) is 3.82. The third kappa shape index (κ3) is 6.98. The van der Waals surface area contributed by atoms with Crippen molar-refractivity contribution in [3.05, 3.63) is 216 Å². The summed E-state index contributed by atoms with van der Waals surface area (Å²) in [5.74, 6) is 0.462. The van der Waals surface area contributed by atoms with Crippen LogP contribution >= 0.6 is 0 Å². The lowest BCUT2D eigenvalue weighted by Gasteiger charge is -2.25. The lowest BCUT2D eigenvalue weighted by molar-refractivity contribution is 0.809. The summed E-state index contributed by atoms with van der Waals surface area (Å²) < 4.78 is 4.64. The second kappa shape index (κ2) is 17.3. The molecule has 4 heterocycles. The Morgan fingerprint density at radius 3 is 1.24 bits per heavy atom. The zero-order valence-electron chi connectivity index (χ0n) is 34.6. The van der Waals surface area contributed by atoms with Crippen molar-refractivity contribution in [2.24, 2.45) is 0 Å². The molecule has 10 heteroatoms. The van der Waals surface area contributed by atoms with Gasteiger partial charge in [0.1, 0.15) is 23.3 Å². The highest BCUT2D eigenvalue weighted by atomic mass is 15.0. The van der Waals surface area contributed by atoms with Crippen molar-refractivity contribution < 1.29 is 0 Å². The molecule has 8 nitrogen and oxygen atoms in total. The van der Waals surface area contributed by atoms with Crippen molar-refractivity contribution in [3.8, 4) is 23.4 Å². The maximum absolute atomic E-state index is 11.6. The maximum atomic E-state index is 11.6. The fraction of sp³-hybridized carbons (Fsp3) is 0.0769. The minimum atomic E-state index is -0.444. The molecule has 62 heavy (non-hydrogen) atoms. The van der Waals surface area contributed by atoms with E-state index in [1.807, 2.05) is 60.7 Å². The smallest absolute Gasteiger partial charge is 0.328 e. The quantitative estimate of drug-likeness (QED) is 0.160. The monoisotopic (exact) mass is 798 g/mol. The highest BCUT2D eigenvalue weighted by molar-refractivity contribution is 6.85. The second-order valence-electron chi connectivity index (χ2n) is 15.5. The standard InChI is InChI=1S/C52H40B2N8/c1-36(2)47-45-46(50(44(35-56)52-59-32-19-33-60-52)61(47)53(38-21-8-4-9-22-38)39-23-10-5-11-24-39)48(42-29-17-16-20-37(42)3)62(49(45)43(34-55)51-57-30-18-31-58-51)54(40-25-12-6-13-26-40)41-27-14-7-15-28-41/h4-33,36H,1-3H3/b49-43-,50-44-. The average molecular weight is 799 g/mol. The molecule has 0 radical (unpaired) electrons. The van der Waals surface area contributed by atoms with Gasteiger partial charge in [0, 0.05) is 52.5 Å². The van der Waals surface area contributed by atoms with Gasteiger partial charge >= 0.3 is 13.7 Å². The van der Waals surface area contributed by atoms with Crippen LogP contribution in [0.5, 0.6) is 0 Å². The van der Waals surface area contributed by atoms with E-state index in [2.05, 4.69) is 127 Å². The summed E-state index contributed by atoms with van der Waals surface area (Å²) in [6.45, 7) is 5.62. The van der Waals surface area contributed by atoms with Gasteiger partial charge < -0.3 is 8.96 Å². The van der Waals surface area contributed by atoms with Crippen LogP contribution in [0.15, 0.2) is 183 Å². The van der Waals surface area contributed by atoms with Crippen molar-refractivity contribution in [1.82, 2.24) is 28.9 Å². The van der Waals surface area contributed by atoms with Crippen LogP contribution in [0.3, 0.4) is 0 Å². The third-order valence-corrected chi connectivity index (χ3v) is 11.4. The van der Waals surface area contributed by atoms with Crippen LogP contribution in [0.4, 0.5) is 0 Å². The highest BCUT2D eigenvalue weighted by Crippen LogP contribution is 2.35. The molecule has 0 amide bonds. The van der Waals surface area contributed by atoms with Crippen LogP contribution < -0.4 is 32.5 Å². The number of nitrogens with zero attached hydrogens (tertiary/aromatic N) is 8. The van der Waals surface area contributed by atoms with Gasteiger partial charge in [-0.05, 0) is 30.5 Å². The molecule has 4 aromatic heterocycles. The van der Waals surface area contributed by atoms with Gasteiger partial charge in [-0.2, -0.15) is 10.5 Å². The maximum Gasteiger partial charge on any atom is 0.328 e. The van der Waals surface area contributed by atoms with E-state index in [0.717, 1.165) is 55.1 Å². The molecule has 0 saturated carbocycles. The molecule has 9 rings (SSSR count). The predicted molar refractivity (Wildman–Crippen MR) is 250 cm³/mol. The lowest BCUT2D eigenvalue weighted by atomic mass is 9.50. The van der Waals surface area contributed by atoms with E-state index in [1.165, 1.54) is 0 Å². The Labute approximate surface area is 361 Å². The van der Waals surface area contributed by atoms with Crippen molar-refractivity contribution in [2.75, 3.05) is 0 Å². The van der Waals surface area contributed by atoms with E-state index in [0.29, 0.717) is 33.5 Å². The number of aromatic nitrogens is 6. The molecule has 0 aliphatic rings. The SMILES string of the molecule is Cc1ccccc1-c1c2/c(=C(\C#N)c3ncccn3)n(B(c3ccccc3)c3ccccc3)c(C(C)C)c2/c(=C(\C#N)c2ncccn2)n1B(c1ccccc1)c1ccccc1. The summed E-state index contributed by atoms with van der Waals surface area (Å²) in [6.07, 6.45) is 6.70. The lowest BCUT2D eigenvalue weighted by Crippen LogP contribution is -2.54. The van der Waals surface area contributed by atoms with Gasteiger partial charge in [0.05, 0.1) is 10.7 Å². The van der Waals surface area contributed by atoms with E-state index in [-0.39, 0.29) is 5.92 Å². The fourth-order valence-electron chi connectivity index (χ4n) is 8.91. The third-order valence-electron chi connectivity index (χ3n) is 11.4. The molecule has 0 aliphatic heterocycles. The molecule has 9 aromatic rings. The Morgan fingerprint density at radius 2 is 0.855 bits per heavy atom. The topological polar surface area (TPSA) is 109 Å². The number of rotatable bonds is 10. The first-order valence-corrected chi connectivity index (χ1v) is 20.7. The minimum Gasteiger partial charge on any atom is -0.378 e. The summed E-state index contributed by atoms with van der Waals surface area (Å²) in [7, 11) is 0. The van der Waals surface area contributed by atoms with Crippen molar-refractivity contribution in [3.63, 3.8) is 0 Å². The Kier molecular flexibility index (Phi) is 11.0. The number of hydrogen-bond acceptors (Lipinski definition) is 6. The van der Waals surface area contributed by atoms with Gasteiger partial charge in [-0.3, -0.25) is 0 Å². The Balaban J connectivity index is 1.69. The van der Waals surface area contributed by atoms with E-state index in [9.17, 15) is 10.5 Å². The van der Waals surface area contributed by atoms with E-state index in [1.54, 1.807) is 36.9 Å². The van der Waals surface area contributed by atoms with E-state index in [4.69, 9.17) is 19.9 Å². The number of hydrogen-bond donors (Lipinski definition) is 0. The Hall–Kier alpha value is -8.07. The first kappa shape index (κ1) is 39.4. The summed E-state index contributed by atoms with van der Waals surface area (Å²) in [5.41, 5.74) is 8.45. The second-order valence-corrected chi connectivity index (χ2v) is 15.5. The van der Waals surface area contributed by atoms with Crippen molar-refractivity contribution >= 4 is 57.5 Å². The molecule has 0 atom stereocenters. The summed E-state index contributed by atoms with van der Waals surface area (Å²) in [5, 5.41) is 26.2. The normalized spacial score (nSPS) is 12.1. The van der Waals surface area contributed by atoms with Crippen LogP contribution in [0.25, 0.3) is 33.2 Å². The molecule has 0 bridgehead atoms. The molecule has 0 N–H and O–H groups in total. The van der Waals surface area contributed by atoms with Gasteiger partial charge in [0.25, 0.3) is 0 Å².